The fourth-order valence-corrected chi connectivity index (χ4v) is 2.28. The summed E-state index contributed by atoms with van der Waals surface area (Å²) in [5.41, 5.74) is 0. The lowest BCUT2D eigenvalue weighted by Gasteiger charge is -2.34. The number of rotatable bonds is 1. The molecule has 1 aliphatic rings. The van der Waals surface area contributed by atoms with E-state index in [1.54, 1.807) is 0 Å². The molecule has 13 heavy (non-hydrogen) atoms. The maximum Gasteiger partial charge on any atom is 0.164 e. The minimum atomic E-state index is 0.560. The first-order valence-corrected chi connectivity index (χ1v) is 4.95. The number of nitrogens with one attached hydrogen (secondary N) is 1. The van der Waals surface area contributed by atoms with Crippen molar-refractivity contribution in [1.29, 1.82) is 0 Å². The molecule has 1 aromatic rings. The van der Waals surface area contributed by atoms with Crippen LogP contribution in [0, 0.1) is 0 Å². The van der Waals surface area contributed by atoms with Gasteiger partial charge < -0.3 is 9.47 Å². The lowest BCUT2D eigenvalue weighted by molar-refractivity contribution is -0.929. The molecule has 3 nitrogen and oxygen atoms in total. The first-order chi connectivity index (χ1) is 6.12. The second-order valence-electron chi connectivity index (χ2n) is 4.55. The van der Waals surface area contributed by atoms with Gasteiger partial charge in [-0.15, -0.1) is 0 Å². The summed E-state index contributed by atoms with van der Waals surface area (Å²) in [5, 5.41) is 0. The minimum absolute atomic E-state index is 0.560. The van der Waals surface area contributed by atoms with Crippen molar-refractivity contribution < 1.29 is 4.48 Å². The molecule has 3 heteroatoms. The smallest absolute Gasteiger partial charge is 0.164 e. The van der Waals surface area contributed by atoms with Crippen LogP contribution >= 0.6 is 0 Å². The highest BCUT2D eigenvalue weighted by molar-refractivity contribution is 4.95. The molecule has 72 valence electrons. The molecule has 0 radical (unpaired) electrons. The molecule has 1 aliphatic heterocycles. The van der Waals surface area contributed by atoms with Gasteiger partial charge in [0.2, 0.25) is 0 Å². The Hall–Kier alpha value is -0.830. The predicted molar refractivity (Wildman–Crippen MR) is 52.1 cm³/mol. The van der Waals surface area contributed by atoms with Gasteiger partial charge in [0.05, 0.1) is 20.1 Å². The number of hydrogen-bond acceptors (Lipinski definition) is 1. The number of hydrogen-bond donors (Lipinski definition) is 1. The number of imidazole rings is 1. The molecule has 2 heterocycles. The Morgan fingerprint density at radius 2 is 2.23 bits per heavy atom. The van der Waals surface area contributed by atoms with Gasteiger partial charge in [-0.2, -0.15) is 0 Å². The molecular formula is C10H18N3+. The lowest BCUT2D eigenvalue weighted by atomic mass is 10.2. The third-order valence-corrected chi connectivity index (χ3v) is 3.63. The molecule has 0 aromatic carbocycles. The van der Waals surface area contributed by atoms with E-state index >= 15 is 0 Å². The average molecular weight is 180 g/mol. The molecule has 1 fully saturated rings. The maximum atomic E-state index is 4.36. The summed E-state index contributed by atoms with van der Waals surface area (Å²) in [7, 11) is 4.59. The SMILES string of the molecule is CC1CCC(c2ncc[nH]2)[N+]1(C)C. The highest BCUT2D eigenvalue weighted by Gasteiger charge is 2.42. The largest absolute Gasteiger partial charge is 0.344 e. The van der Waals surface area contributed by atoms with Crippen LogP contribution in [0.25, 0.3) is 0 Å². The van der Waals surface area contributed by atoms with E-state index in [1.165, 1.54) is 12.8 Å². The Balaban J connectivity index is 2.27. The lowest BCUT2D eigenvalue weighted by Crippen LogP contribution is -2.44. The van der Waals surface area contributed by atoms with E-state index in [-0.39, 0.29) is 0 Å². The van der Waals surface area contributed by atoms with Crippen LogP contribution in [0.3, 0.4) is 0 Å². The molecule has 0 spiro atoms. The van der Waals surface area contributed by atoms with Crippen molar-refractivity contribution in [3.63, 3.8) is 0 Å². The summed E-state index contributed by atoms with van der Waals surface area (Å²) in [6.07, 6.45) is 6.32. The Morgan fingerprint density at radius 1 is 1.46 bits per heavy atom. The first-order valence-electron chi connectivity index (χ1n) is 4.95. The quantitative estimate of drug-likeness (QED) is 0.655. The van der Waals surface area contributed by atoms with Gasteiger partial charge in [0.25, 0.3) is 0 Å². The Bertz CT molecular complexity index is 276. The first kappa shape index (κ1) is 8.75. The van der Waals surface area contributed by atoms with E-state index in [0.29, 0.717) is 6.04 Å². The minimum Gasteiger partial charge on any atom is -0.344 e. The molecule has 2 unspecified atom stereocenters. The molecule has 1 saturated heterocycles. The van der Waals surface area contributed by atoms with E-state index in [9.17, 15) is 0 Å². The van der Waals surface area contributed by atoms with Crippen LogP contribution in [0.2, 0.25) is 0 Å². The van der Waals surface area contributed by atoms with Gasteiger partial charge in [0, 0.05) is 25.2 Å². The van der Waals surface area contributed by atoms with E-state index < -0.39 is 0 Å². The second kappa shape index (κ2) is 2.84. The van der Waals surface area contributed by atoms with Crippen molar-refractivity contribution in [2.45, 2.75) is 31.8 Å². The van der Waals surface area contributed by atoms with Crippen LogP contribution < -0.4 is 0 Å². The fraction of sp³-hybridized carbons (Fsp3) is 0.700. The van der Waals surface area contributed by atoms with Crippen LogP contribution in [0.5, 0.6) is 0 Å². The van der Waals surface area contributed by atoms with Crippen molar-refractivity contribution in [3.05, 3.63) is 18.2 Å². The number of nitrogens with zero attached hydrogens (tertiary/aromatic N) is 2. The second-order valence-corrected chi connectivity index (χ2v) is 4.55. The molecule has 1 N–H and O–H groups in total. The van der Waals surface area contributed by atoms with Crippen LogP contribution in [0.1, 0.15) is 31.6 Å². The number of aromatic nitrogens is 2. The van der Waals surface area contributed by atoms with Crippen LogP contribution in [0.4, 0.5) is 0 Å². The number of aromatic amines is 1. The van der Waals surface area contributed by atoms with E-state index in [2.05, 4.69) is 31.0 Å². The van der Waals surface area contributed by atoms with Gasteiger partial charge in [-0.25, -0.2) is 4.98 Å². The third kappa shape index (κ3) is 1.27. The molecule has 2 rings (SSSR count). The Morgan fingerprint density at radius 3 is 2.69 bits per heavy atom. The molecule has 0 saturated carbocycles. The summed E-state index contributed by atoms with van der Waals surface area (Å²) in [6.45, 7) is 2.32. The number of H-pyrrole nitrogens is 1. The number of likely N-dealkylation sites (tertiary alicyclic amines) is 1. The van der Waals surface area contributed by atoms with E-state index in [4.69, 9.17) is 0 Å². The van der Waals surface area contributed by atoms with Gasteiger partial charge in [0.1, 0.15) is 6.04 Å². The maximum absolute atomic E-state index is 4.36. The van der Waals surface area contributed by atoms with Crippen molar-refractivity contribution in [2.75, 3.05) is 14.1 Å². The summed E-state index contributed by atoms with van der Waals surface area (Å²) >= 11 is 0. The van der Waals surface area contributed by atoms with Crippen LogP contribution in [-0.2, 0) is 0 Å². The van der Waals surface area contributed by atoms with Crippen molar-refractivity contribution in [3.8, 4) is 0 Å². The number of quaternary nitrogens is 1. The topological polar surface area (TPSA) is 28.7 Å². The third-order valence-electron chi connectivity index (χ3n) is 3.63. The average Bonchev–Trinajstić information content (AvgIpc) is 2.62. The van der Waals surface area contributed by atoms with Crippen LogP contribution in [0.15, 0.2) is 12.4 Å². The molecule has 0 aliphatic carbocycles. The van der Waals surface area contributed by atoms with E-state index in [1.807, 2.05) is 12.4 Å². The van der Waals surface area contributed by atoms with Crippen LogP contribution in [-0.4, -0.2) is 34.6 Å². The summed E-state index contributed by atoms with van der Waals surface area (Å²) in [4.78, 5) is 7.59. The Labute approximate surface area is 79.4 Å². The molecule has 2 atom stereocenters. The molecule has 1 aromatic heterocycles. The summed E-state index contributed by atoms with van der Waals surface area (Å²) < 4.78 is 1.06. The highest BCUT2D eigenvalue weighted by atomic mass is 15.4. The van der Waals surface area contributed by atoms with Gasteiger partial charge in [-0.1, -0.05) is 0 Å². The normalized spacial score (nSPS) is 32.2. The summed E-state index contributed by atoms with van der Waals surface area (Å²) in [6, 6.07) is 1.31. The zero-order chi connectivity index (χ0) is 9.47. The molecular weight excluding hydrogens is 162 g/mol. The van der Waals surface area contributed by atoms with Crippen molar-refractivity contribution in [2.24, 2.45) is 0 Å². The van der Waals surface area contributed by atoms with Crippen molar-refractivity contribution in [1.82, 2.24) is 9.97 Å². The zero-order valence-electron chi connectivity index (χ0n) is 8.62. The van der Waals surface area contributed by atoms with Crippen molar-refractivity contribution >= 4 is 0 Å². The van der Waals surface area contributed by atoms with E-state index in [0.717, 1.165) is 16.3 Å². The van der Waals surface area contributed by atoms with Gasteiger partial charge in [0.15, 0.2) is 5.82 Å². The summed E-state index contributed by atoms with van der Waals surface area (Å²) in [5.74, 6) is 1.15. The predicted octanol–water partition coefficient (Wildman–Crippen LogP) is 1.71. The van der Waals surface area contributed by atoms with Gasteiger partial charge >= 0.3 is 0 Å². The monoisotopic (exact) mass is 180 g/mol. The zero-order valence-corrected chi connectivity index (χ0v) is 8.62. The van der Waals surface area contributed by atoms with Gasteiger partial charge in [-0.3, -0.25) is 0 Å². The Kier molecular flexibility index (Phi) is 1.91. The van der Waals surface area contributed by atoms with Gasteiger partial charge in [-0.05, 0) is 6.92 Å². The molecule has 0 bridgehead atoms. The highest BCUT2D eigenvalue weighted by Crippen LogP contribution is 2.38. The fourth-order valence-electron chi connectivity index (χ4n) is 2.28. The molecule has 0 amide bonds. The standard InChI is InChI=1S/C10H18N3/c1-8-4-5-9(13(8,2)3)10-11-6-7-12-10/h6-9H,4-5H2,1-3H3,(H,11,12)/q+1.